The minimum absolute atomic E-state index is 0.0273. The molecule has 1 saturated heterocycles. The van der Waals surface area contributed by atoms with Crippen LogP contribution in [0.15, 0.2) is 24.3 Å². The molecule has 1 aliphatic heterocycles. The highest BCUT2D eigenvalue weighted by Gasteiger charge is 2.32. The number of hydrogen-bond acceptors (Lipinski definition) is 5. The van der Waals surface area contributed by atoms with Crippen LogP contribution in [0.2, 0.25) is 0 Å². The molecule has 8 heteroatoms. The van der Waals surface area contributed by atoms with E-state index in [-0.39, 0.29) is 17.7 Å². The maximum absolute atomic E-state index is 12.8. The first-order valence-corrected chi connectivity index (χ1v) is 11.9. The average Bonchev–Trinajstić information content (AvgIpc) is 3.68. The van der Waals surface area contributed by atoms with Gasteiger partial charge in [-0.3, -0.25) is 14.4 Å². The molecule has 3 fully saturated rings. The van der Waals surface area contributed by atoms with Gasteiger partial charge in [-0.15, -0.1) is 11.8 Å². The van der Waals surface area contributed by atoms with E-state index in [1.807, 2.05) is 29.2 Å². The number of carbonyl (C=O) groups excluding carboxylic acids is 3. The molecule has 1 aromatic rings. The number of amides is 3. The zero-order valence-electron chi connectivity index (χ0n) is 17.2. The highest BCUT2D eigenvalue weighted by atomic mass is 32.2. The van der Waals surface area contributed by atoms with E-state index < -0.39 is 0 Å². The molecule has 2 saturated carbocycles. The van der Waals surface area contributed by atoms with E-state index in [0.29, 0.717) is 62.0 Å². The largest absolute Gasteiger partial charge is 0.378 e. The molecule has 3 amide bonds. The standard InChI is InChI=1S/C22H29N3O4S/c26-20(24-9-11-29-12-10-24)14-30-15-21(27)25(19-7-8-19)13-16-1-3-17(4-2-16)22(28)23-18-5-6-18/h1-4,18-19H,5-15H2,(H,23,28). The van der Waals surface area contributed by atoms with Crippen LogP contribution in [-0.2, 0) is 20.9 Å². The lowest BCUT2D eigenvalue weighted by Crippen LogP contribution is -2.42. The molecule has 0 spiro atoms. The van der Waals surface area contributed by atoms with Gasteiger partial charge in [-0.2, -0.15) is 0 Å². The number of hydrogen-bond donors (Lipinski definition) is 1. The molecule has 30 heavy (non-hydrogen) atoms. The predicted octanol–water partition coefficient (Wildman–Crippen LogP) is 1.66. The number of rotatable bonds is 9. The molecule has 1 heterocycles. The third-order valence-electron chi connectivity index (χ3n) is 5.60. The summed E-state index contributed by atoms with van der Waals surface area (Å²) >= 11 is 1.39. The van der Waals surface area contributed by atoms with Crippen molar-refractivity contribution in [2.45, 2.75) is 44.3 Å². The van der Waals surface area contributed by atoms with Crippen molar-refractivity contribution in [1.29, 1.82) is 0 Å². The van der Waals surface area contributed by atoms with Crippen LogP contribution in [0.3, 0.4) is 0 Å². The number of carbonyl (C=O) groups is 3. The van der Waals surface area contributed by atoms with Crippen LogP contribution in [0.1, 0.15) is 41.6 Å². The minimum atomic E-state index is -0.0273. The van der Waals surface area contributed by atoms with Gasteiger partial charge in [0.15, 0.2) is 0 Å². The van der Waals surface area contributed by atoms with E-state index in [2.05, 4.69) is 5.32 Å². The molecule has 2 aliphatic carbocycles. The number of ether oxygens (including phenoxy) is 1. The summed E-state index contributed by atoms with van der Waals surface area (Å²) < 4.78 is 5.27. The molecule has 0 unspecified atom stereocenters. The molecular formula is C22H29N3O4S. The van der Waals surface area contributed by atoms with Crippen molar-refractivity contribution in [3.05, 3.63) is 35.4 Å². The van der Waals surface area contributed by atoms with Crippen LogP contribution >= 0.6 is 11.8 Å². The fourth-order valence-corrected chi connectivity index (χ4v) is 4.27. The van der Waals surface area contributed by atoms with Gasteiger partial charge in [0.05, 0.1) is 24.7 Å². The van der Waals surface area contributed by atoms with Crippen LogP contribution in [-0.4, -0.2) is 77.4 Å². The smallest absolute Gasteiger partial charge is 0.251 e. The lowest BCUT2D eigenvalue weighted by molar-refractivity contribution is -0.132. The van der Waals surface area contributed by atoms with Crippen molar-refractivity contribution in [3.63, 3.8) is 0 Å². The number of benzene rings is 1. The van der Waals surface area contributed by atoms with Crippen molar-refractivity contribution in [2.75, 3.05) is 37.8 Å². The van der Waals surface area contributed by atoms with Crippen LogP contribution in [0.4, 0.5) is 0 Å². The summed E-state index contributed by atoms with van der Waals surface area (Å²) in [6.45, 7) is 3.00. The van der Waals surface area contributed by atoms with Gasteiger partial charge in [-0.1, -0.05) is 12.1 Å². The Kier molecular flexibility index (Phi) is 6.94. The predicted molar refractivity (Wildman–Crippen MR) is 115 cm³/mol. The number of thioether (sulfide) groups is 1. The lowest BCUT2D eigenvalue weighted by Gasteiger charge is -2.27. The van der Waals surface area contributed by atoms with Crippen molar-refractivity contribution in [2.24, 2.45) is 0 Å². The third kappa shape index (κ3) is 5.98. The van der Waals surface area contributed by atoms with Crippen LogP contribution in [0, 0.1) is 0 Å². The summed E-state index contributed by atoms with van der Waals surface area (Å²) in [5, 5.41) is 2.99. The van der Waals surface area contributed by atoms with Gasteiger partial charge in [0.2, 0.25) is 11.8 Å². The highest BCUT2D eigenvalue weighted by molar-refractivity contribution is 8.00. The Labute approximate surface area is 181 Å². The minimum Gasteiger partial charge on any atom is -0.378 e. The molecule has 0 atom stereocenters. The third-order valence-corrected chi connectivity index (χ3v) is 6.51. The molecule has 0 aromatic heterocycles. The van der Waals surface area contributed by atoms with Gasteiger partial charge in [-0.05, 0) is 43.4 Å². The number of morpholine rings is 1. The van der Waals surface area contributed by atoms with E-state index in [0.717, 1.165) is 31.2 Å². The van der Waals surface area contributed by atoms with E-state index in [1.165, 1.54) is 11.8 Å². The van der Waals surface area contributed by atoms with Gasteiger partial charge in [0.25, 0.3) is 5.91 Å². The van der Waals surface area contributed by atoms with Crippen LogP contribution in [0.5, 0.6) is 0 Å². The molecule has 0 bridgehead atoms. The Bertz CT molecular complexity index is 771. The summed E-state index contributed by atoms with van der Waals surface area (Å²) in [5.74, 6) is 0.770. The highest BCUT2D eigenvalue weighted by Crippen LogP contribution is 2.29. The Hall–Kier alpha value is -2.06. The van der Waals surface area contributed by atoms with Gasteiger partial charge >= 0.3 is 0 Å². The zero-order valence-corrected chi connectivity index (χ0v) is 18.0. The average molecular weight is 432 g/mol. The maximum atomic E-state index is 12.8. The lowest BCUT2D eigenvalue weighted by atomic mass is 10.1. The van der Waals surface area contributed by atoms with Crippen molar-refractivity contribution in [1.82, 2.24) is 15.1 Å². The SMILES string of the molecule is O=C(NC1CC1)c1ccc(CN(C(=O)CSCC(=O)N2CCOCC2)C2CC2)cc1. The second-order valence-electron chi connectivity index (χ2n) is 8.18. The molecular weight excluding hydrogens is 402 g/mol. The number of nitrogens with zero attached hydrogens (tertiary/aromatic N) is 2. The van der Waals surface area contributed by atoms with Gasteiger partial charge in [-0.25, -0.2) is 0 Å². The van der Waals surface area contributed by atoms with Gasteiger partial charge in [0, 0.05) is 37.3 Å². The van der Waals surface area contributed by atoms with Crippen molar-refractivity contribution < 1.29 is 19.1 Å². The van der Waals surface area contributed by atoms with Gasteiger partial charge in [0.1, 0.15) is 0 Å². The summed E-state index contributed by atoms with van der Waals surface area (Å²) in [6.07, 6.45) is 4.20. The van der Waals surface area contributed by atoms with Crippen molar-refractivity contribution in [3.8, 4) is 0 Å². The topological polar surface area (TPSA) is 79.0 Å². The molecule has 0 radical (unpaired) electrons. The Balaban J connectivity index is 1.25. The molecule has 7 nitrogen and oxygen atoms in total. The fraction of sp³-hybridized carbons (Fsp3) is 0.591. The Morgan fingerprint density at radius 3 is 2.37 bits per heavy atom. The quantitative estimate of drug-likeness (QED) is 0.643. The Morgan fingerprint density at radius 2 is 1.73 bits per heavy atom. The van der Waals surface area contributed by atoms with E-state index in [9.17, 15) is 14.4 Å². The van der Waals surface area contributed by atoms with E-state index in [4.69, 9.17) is 4.74 Å². The van der Waals surface area contributed by atoms with E-state index in [1.54, 1.807) is 4.90 Å². The van der Waals surface area contributed by atoms with Crippen molar-refractivity contribution >= 4 is 29.5 Å². The maximum Gasteiger partial charge on any atom is 0.251 e. The van der Waals surface area contributed by atoms with Crippen LogP contribution in [0.25, 0.3) is 0 Å². The Morgan fingerprint density at radius 1 is 1.03 bits per heavy atom. The first-order valence-electron chi connectivity index (χ1n) is 10.7. The molecule has 1 N–H and O–H groups in total. The van der Waals surface area contributed by atoms with Crippen LogP contribution < -0.4 is 5.32 Å². The summed E-state index contributed by atoms with van der Waals surface area (Å²) in [7, 11) is 0. The summed E-state index contributed by atoms with van der Waals surface area (Å²) in [5.41, 5.74) is 1.68. The number of nitrogens with one attached hydrogen (secondary N) is 1. The monoisotopic (exact) mass is 431 g/mol. The summed E-state index contributed by atoms with van der Waals surface area (Å²) in [4.78, 5) is 40.9. The zero-order chi connectivity index (χ0) is 20.9. The second kappa shape index (κ2) is 9.83. The fourth-order valence-electron chi connectivity index (χ4n) is 3.47. The second-order valence-corrected chi connectivity index (χ2v) is 9.17. The van der Waals surface area contributed by atoms with Gasteiger partial charge < -0.3 is 19.9 Å². The normalized spacial score (nSPS) is 18.7. The molecule has 1 aromatic carbocycles. The van der Waals surface area contributed by atoms with E-state index >= 15 is 0 Å². The first kappa shape index (κ1) is 21.2. The molecule has 162 valence electrons. The molecule has 3 aliphatic rings. The summed E-state index contributed by atoms with van der Waals surface area (Å²) in [6, 6.07) is 8.16. The molecule has 4 rings (SSSR count). The first-order chi connectivity index (χ1) is 14.6.